The molecule has 0 bridgehead atoms. The Morgan fingerprint density at radius 1 is 1.03 bits per heavy atom. The molecule has 0 saturated heterocycles. The van der Waals surface area contributed by atoms with Crippen LogP contribution in [0, 0.1) is 0 Å². The van der Waals surface area contributed by atoms with Gasteiger partial charge in [-0.1, -0.05) is 6.07 Å². The van der Waals surface area contributed by atoms with Crippen molar-refractivity contribution in [1.29, 1.82) is 0 Å². The van der Waals surface area contributed by atoms with Crippen molar-refractivity contribution in [2.45, 2.75) is 27.3 Å². The number of guanidine groups is 1. The molecular weight excluding hydrogens is 481 g/mol. The quantitative estimate of drug-likeness (QED) is 0.299. The van der Waals surface area contributed by atoms with Gasteiger partial charge in [-0.05, 0) is 44.5 Å². The number of aromatic nitrogens is 1. The van der Waals surface area contributed by atoms with Crippen molar-refractivity contribution in [3.63, 3.8) is 0 Å². The van der Waals surface area contributed by atoms with Gasteiger partial charge in [0.05, 0.1) is 20.8 Å². The van der Waals surface area contributed by atoms with E-state index in [0.29, 0.717) is 24.0 Å². The molecule has 0 radical (unpaired) electrons. The number of hydrogen-bond donors (Lipinski definition) is 2. The molecule has 0 aliphatic heterocycles. The highest BCUT2D eigenvalue weighted by Crippen LogP contribution is 2.29. The third-order valence-corrected chi connectivity index (χ3v) is 4.31. The van der Waals surface area contributed by atoms with Gasteiger partial charge >= 0.3 is 0 Å². The number of pyridine rings is 1. The number of hydrogen-bond acceptors (Lipinski definition) is 5. The molecule has 0 aliphatic carbocycles. The zero-order valence-electron chi connectivity index (χ0n) is 17.9. The highest BCUT2D eigenvalue weighted by atomic mass is 127. The number of ether oxygens (including phenoxy) is 2. The second-order valence-corrected chi connectivity index (χ2v) is 6.09. The van der Waals surface area contributed by atoms with Crippen LogP contribution in [0.3, 0.4) is 0 Å². The fraction of sp³-hybridized carbons (Fsp3) is 0.429. The number of benzene rings is 1. The first-order valence-electron chi connectivity index (χ1n) is 9.62. The van der Waals surface area contributed by atoms with Gasteiger partial charge in [-0.2, -0.15) is 0 Å². The molecule has 0 aliphatic rings. The van der Waals surface area contributed by atoms with Crippen molar-refractivity contribution in [3.8, 4) is 11.5 Å². The van der Waals surface area contributed by atoms with Crippen LogP contribution in [0.2, 0.25) is 0 Å². The predicted octanol–water partition coefficient (Wildman–Crippen LogP) is 4.14. The number of nitrogens with one attached hydrogen (secondary N) is 2. The van der Waals surface area contributed by atoms with E-state index in [2.05, 4.69) is 45.4 Å². The zero-order valence-corrected chi connectivity index (χ0v) is 20.2. The number of methoxy groups -OCH3 is 2. The summed E-state index contributed by atoms with van der Waals surface area (Å²) in [5.41, 5.74) is 1.92. The highest BCUT2D eigenvalue weighted by Gasteiger charge is 2.07. The number of nitrogens with zero attached hydrogens (tertiary/aromatic N) is 3. The lowest BCUT2D eigenvalue weighted by Crippen LogP contribution is -2.30. The minimum Gasteiger partial charge on any atom is -0.493 e. The van der Waals surface area contributed by atoms with E-state index in [0.717, 1.165) is 36.7 Å². The van der Waals surface area contributed by atoms with E-state index < -0.39 is 0 Å². The summed E-state index contributed by atoms with van der Waals surface area (Å²) in [7, 11) is 3.24. The van der Waals surface area contributed by atoms with Crippen LogP contribution in [0.15, 0.2) is 41.5 Å². The Morgan fingerprint density at radius 3 is 2.31 bits per heavy atom. The monoisotopic (exact) mass is 513 g/mol. The molecule has 160 valence electrons. The van der Waals surface area contributed by atoms with E-state index >= 15 is 0 Å². The Labute approximate surface area is 190 Å². The van der Waals surface area contributed by atoms with Crippen molar-refractivity contribution in [2.75, 3.05) is 44.1 Å². The predicted molar refractivity (Wildman–Crippen MR) is 131 cm³/mol. The van der Waals surface area contributed by atoms with Crippen LogP contribution in [-0.2, 0) is 6.54 Å². The average Bonchev–Trinajstić information content (AvgIpc) is 2.73. The van der Waals surface area contributed by atoms with Gasteiger partial charge < -0.3 is 25.0 Å². The molecule has 7 nitrogen and oxygen atoms in total. The van der Waals surface area contributed by atoms with Gasteiger partial charge in [0.2, 0.25) is 0 Å². The molecule has 0 amide bonds. The van der Waals surface area contributed by atoms with E-state index in [1.54, 1.807) is 14.2 Å². The Balaban J connectivity index is 0.00000420. The van der Waals surface area contributed by atoms with Crippen molar-refractivity contribution in [3.05, 3.63) is 42.1 Å². The lowest BCUT2D eigenvalue weighted by Gasteiger charge is -2.19. The zero-order chi connectivity index (χ0) is 20.4. The van der Waals surface area contributed by atoms with Crippen LogP contribution < -0.4 is 25.0 Å². The minimum atomic E-state index is 0. The SMILES string of the molecule is CCNC(=NCc1ccc(N(CC)CC)nc1)Nc1ccc(OC)c(OC)c1.I. The number of rotatable bonds is 9. The molecular formula is C21H32IN5O2. The number of aliphatic imine (C=N–C) groups is 1. The molecule has 2 N–H and O–H groups in total. The molecule has 0 spiro atoms. The summed E-state index contributed by atoms with van der Waals surface area (Å²) in [6, 6.07) is 9.79. The van der Waals surface area contributed by atoms with Crippen molar-refractivity contribution >= 4 is 41.4 Å². The molecule has 1 aromatic heterocycles. The van der Waals surface area contributed by atoms with E-state index in [-0.39, 0.29) is 24.0 Å². The summed E-state index contributed by atoms with van der Waals surface area (Å²) < 4.78 is 10.6. The summed E-state index contributed by atoms with van der Waals surface area (Å²) in [6.07, 6.45) is 1.89. The third kappa shape index (κ3) is 7.26. The van der Waals surface area contributed by atoms with Gasteiger partial charge in [-0.15, -0.1) is 24.0 Å². The lowest BCUT2D eigenvalue weighted by molar-refractivity contribution is 0.355. The summed E-state index contributed by atoms with van der Waals surface area (Å²) >= 11 is 0. The van der Waals surface area contributed by atoms with Crippen molar-refractivity contribution in [1.82, 2.24) is 10.3 Å². The van der Waals surface area contributed by atoms with Crippen molar-refractivity contribution < 1.29 is 9.47 Å². The average molecular weight is 513 g/mol. The fourth-order valence-electron chi connectivity index (χ4n) is 2.77. The van der Waals surface area contributed by atoms with Crippen LogP contribution in [-0.4, -0.2) is 44.8 Å². The summed E-state index contributed by atoms with van der Waals surface area (Å²) in [4.78, 5) is 11.4. The van der Waals surface area contributed by atoms with Crippen molar-refractivity contribution in [2.24, 2.45) is 4.99 Å². The Bertz CT molecular complexity index is 764. The maximum atomic E-state index is 5.36. The Hall–Kier alpha value is -2.23. The topological polar surface area (TPSA) is 71.0 Å². The number of halogens is 1. The molecule has 8 heteroatoms. The lowest BCUT2D eigenvalue weighted by atomic mass is 10.2. The van der Waals surface area contributed by atoms with Gasteiger partial charge in [0.15, 0.2) is 17.5 Å². The maximum Gasteiger partial charge on any atom is 0.196 e. The van der Waals surface area contributed by atoms with Crippen LogP contribution in [0.4, 0.5) is 11.5 Å². The molecule has 1 heterocycles. The van der Waals surface area contributed by atoms with E-state index in [1.807, 2.05) is 37.4 Å². The van der Waals surface area contributed by atoms with Gasteiger partial charge in [-0.3, -0.25) is 0 Å². The Morgan fingerprint density at radius 2 is 1.76 bits per heavy atom. The van der Waals surface area contributed by atoms with E-state index in [4.69, 9.17) is 9.47 Å². The van der Waals surface area contributed by atoms with Crippen LogP contribution >= 0.6 is 24.0 Å². The Kier molecular flexibility index (Phi) is 11.2. The maximum absolute atomic E-state index is 5.36. The van der Waals surface area contributed by atoms with Crippen LogP contribution in [0.5, 0.6) is 11.5 Å². The fourth-order valence-corrected chi connectivity index (χ4v) is 2.77. The molecule has 29 heavy (non-hydrogen) atoms. The molecule has 0 fully saturated rings. The molecule has 2 aromatic rings. The van der Waals surface area contributed by atoms with Gasteiger partial charge in [-0.25, -0.2) is 9.98 Å². The summed E-state index contributed by atoms with van der Waals surface area (Å²) in [5, 5.41) is 6.55. The third-order valence-electron chi connectivity index (χ3n) is 4.31. The van der Waals surface area contributed by atoms with Crippen LogP contribution in [0.25, 0.3) is 0 Å². The first-order chi connectivity index (χ1) is 13.6. The molecule has 0 unspecified atom stereocenters. The summed E-state index contributed by atoms with van der Waals surface area (Å²) in [6.45, 7) is 9.48. The van der Waals surface area contributed by atoms with Gasteiger partial charge in [0, 0.05) is 37.6 Å². The van der Waals surface area contributed by atoms with E-state index in [9.17, 15) is 0 Å². The molecule has 2 rings (SSSR count). The first kappa shape index (κ1) is 24.8. The second kappa shape index (κ2) is 13.1. The molecule has 1 aromatic carbocycles. The standard InChI is InChI=1S/C21H31N5O2.HI/c1-6-22-21(25-17-10-11-18(27-4)19(13-17)28-5)24-15-16-9-12-20(23-14-16)26(7-2)8-3;/h9-14H,6-8,15H2,1-5H3,(H2,22,24,25);1H. The van der Waals surface area contributed by atoms with Gasteiger partial charge in [0.25, 0.3) is 0 Å². The first-order valence-corrected chi connectivity index (χ1v) is 9.62. The normalized spacial score (nSPS) is 10.7. The minimum absolute atomic E-state index is 0. The smallest absolute Gasteiger partial charge is 0.196 e. The highest BCUT2D eigenvalue weighted by molar-refractivity contribution is 14.0. The largest absolute Gasteiger partial charge is 0.493 e. The molecule has 0 saturated carbocycles. The van der Waals surface area contributed by atoms with Gasteiger partial charge in [0.1, 0.15) is 5.82 Å². The second-order valence-electron chi connectivity index (χ2n) is 6.09. The summed E-state index contributed by atoms with van der Waals surface area (Å²) in [5.74, 6) is 3.05. The number of anilines is 2. The molecule has 0 atom stereocenters. The van der Waals surface area contributed by atoms with E-state index in [1.165, 1.54) is 0 Å². The van der Waals surface area contributed by atoms with Crippen LogP contribution in [0.1, 0.15) is 26.3 Å².